The van der Waals surface area contributed by atoms with Crippen molar-refractivity contribution in [2.75, 3.05) is 30.0 Å². The number of aliphatic imine (C=N–C) groups is 2. The number of aromatic nitrogens is 2. The zero-order valence-electron chi connectivity index (χ0n) is 25.1. The van der Waals surface area contributed by atoms with Gasteiger partial charge in [0.15, 0.2) is 23.3 Å². The van der Waals surface area contributed by atoms with Gasteiger partial charge in [-0.2, -0.15) is 4.99 Å². The molecule has 1 aromatic heterocycles. The van der Waals surface area contributed by atoms with Crippen LogP contribution in [0.4, 0.5) is 22.1 Å². The highest BCUT2D eigenvalue weighted by Crippen LogP contribution is 2.40. The SMILES string of the molecule is C=Nc1nc(/C(N)=N/C(=O)O)nc(N[C@H](C)C2CCC2)c1N(CC1CCC(C)CC1)CN1CCCC1c1ccccc1. The summed E-state index contributed by atoms with van der Waals surface area (Å²) in [7, 11) is 0. The molecule has 4 N–H and O–H groups in total. The monoisotopic (exact) mass is 574 g/mol. The second kappa shape index (κ2) is 13.6. The lowest BCUT2D eigenvalue weighted by Gasteiger charge is -2.39. The summed E-state index contributed by atoms with van der Waals surface area (Å²) < 4.78 is 0. The van der Waals surface area contributed by atoms with Crippen LogP contribution in [-0.2, 0) is 0 Å². The van der Waals surface area contributed by atoms with Crippen molar-refractivity contribution in [3.05, 3.63) is 41.7 Å². The molecule has 42 heavy (non-hydrogen) atoms. The standard InChI is InChI=1S/C32H46N8O2/c1-21-14-16-23(17-15-21)19-40(20-39-18-8-13-26(39)25-9-5-4-6-10-25)27-29(34-3)37-31(28(33)36-32(41)42)38-30(27)35-22(2)24-11-7-12-24/h4-6,9-10,21-24,26H,3,7-8,11-20H2,1-2H3,(H2,33,36)(H,41,42)(H,35,37,38)/t21?,22-,23?,26?/m1/s1. The highest BCUT2D eigenvalue weighted by atomic mass is 16.4. The molecule has 2 saturated carbocycles. The van der Waals surface area contributed by atoms with E-state index in [0.29, 0.717) is 36.2 Å². The van der Waals surface area contributed by atoms with Crippen molar-refractivity contribution in [2.24, 2.45) is 33.5 Å². The molecular formula is C32H46N8O2. The Morgan fingerprint density at radius 3 is 2.52 bits per heavy atom. The lowest BCUT2D eigenvalue weighted by atomic mass is 9.80. The molecule has 1 saturated heterocycles. The number of likely N-dealkylation sites (tertiary alicyclic amines) is 1. The van der Waals surface area contributed by atoms with E-state index < -0.39 is 6.09 Å². The lowest BCUT2D eigenvalue weighted by molar-refractivity contribution is 0.205. The number of rotatable bonds is 11. The average Bonchev–Trinajstić information content (AvgIpc) is 3.40. The number of nitrogens with zero attached hydrogens (tertiary/aromatic N) is 6. The summed E-state index contributed by atoms with van der Waals surface area (Å²) in [6.07, 6.45) is 9.31. The predicted octanol–water partition coefficient (Wildman–Crippen LogP) is 6.22. The molecule has 5 rings (SSSR count). The summed E-state index contributed by atoms with van der Waals surface area (Å²) in [4.78, 5) is 33.5. The number of nitrogens with two attached hydrogens (primary N) is 1. The first-order valence-corrected chi connectivity index (χ1v) is 15.6. The van der Waals surface area contributed by atoms with E-state index in [2.05, 4.69) is 81.0 Å². The van der Waals surface area contributed by atoms with Crippen LogP contribution in [0, 0.1) is 17.8 Å². The minimum atomic E-state index is -1.39. The van der Waals surface area contributed by atoms with Crippen LogP contribution in [0.5, 0.6) is 0 Å². The fraction of sp³-hybridized carbons (Fsp3) is 0.594. The van der Waals surface area contributed by atoms with Gasteiger partial charge in [-0.05, 0) is 75.5 Å². The Hall–Kier alpha value is -3.53. The molecule has 1 aliphatic heterocycles. The molecule has 2 aliphatic carbocycles. The van der Waals surface area contributed by atoms with Crippen LogP contribution < -0.4 is 16.0 Å². The molecule has 1 amide bonds. The number of amidine groups is 1. The second-order valence-corrected chi connectivity index (χ2v) is 12.5. The molecule has 2 aromatic rings. The van der Waals surface area contributed by atoms with Gasteiger partial charge in [0.05, 0.1) is 6.67 Å². The molecule has 2 atom stereocenters. The minimum absolute atomic E-state index is 0.0432. The van der Waals surface area contributed by atoms with Crippen LogP contribution in [-0.4, -0.2) is 64.4 Å². The van der Waals surface area contributed by atoms with Crippen LogP contribution in [0.3, 0.4) is 0 Å². The van der Waals surface area contributed by atoms with E-state index in [4.69, 9.17) is 10.7 Å². The zero-order chi connectivity index (χ0) is 29.6. The van der Waals surface area contributed by atoms with E-state index in [1.165, 1.54) is 50.5 Å². The van der Waals surface area contributed by atoms with Gasteiger partial charge in [-0.3, -0.25) is 4.90 Å². The molecule has 10 heteroatoms. The Kier molecular flexibility index (Phi) is 9.72. The summed E-state index contributed by atoms with van der Waals surface area (Å²) in [5, 5.41) is 12.9. The molecule has 0 radical (unpaired) electrons. The van der Waals surface area contributed by atoms with Crippen LogP contribution in [0.1, 0.15) is 89.1 Å². The Morgan fingerprint density at radius 1 is 1.14 bits per heavy atom. The zero-order valence-corrected chi connectivity index (χ0v) is 25.1. The van der Waals surface area contributed by atoms with Crippen LogP contribution in [0.25, 0.3) is 0 Å². The highest BCUT2D eigenvalue weighted by molar-refractivity contribution is 6.01. The van der Waals surface area contributed by atoms with E-state index in [9.17, 15) is 9.90 Å². The van der Waals surface area contributed by atoms with Crippen molar-refractivity contribution in [3.63, 3.8) is 0 Å². The van der Waals surface area contributed by atoms with Crippen LogP contribution in [0.2, 0.25) is 0 Å². The van der Waals surface area contributed by atoms with Gasteiger partial charge < -0.3 is 21.1 Å². The fourth-order valence-electron chi connectivity index (χ4n) is 6.80. The molecule has 226 valence electrons. The fourth-order valence-corrected chi connectivity index (χ4v) is 6.80. The van der Waals surface area contributed by atoms with Gasteiger partial charge in [0.2, 0.25) is 0 Å². The van der Waals surface area contributed by atoms with Gasteiger partial charge in [0, 0.05) is 25.2 Å². The maximum Gasteiger partial charge on any atom is 0.433 e. The van der Waals surface area contributed by atoms with Gasteiger partial charge in [-0.15, -0.1) is 0 Å². The predicted molar refractivity (Wildman–Crippen MR) is 169 cm³/mol. The van der Waals surface area contributed by atoms with Crippen molar-refractivity contribution in [3.8, 4) is 0 Å². The first kappa shape index (κ1) is 29.9. The van der Waals surface area contributed by atoms with Gasteiger partial charge in [0.1, 0.15) is 5.69 Å². The smallest absolute Gasteiger partial charge is 0.433 e. The van der Waals surface area contributed by atoms with Crippen molar-refractivity contribution in [1.82, 2.24) is 14.9 Å². The van der Waals surface area contributed by atoms with Crippen LogP contribution >= 0.6 is 0 Å². The number of benzene rings is 1. The highest BCUT2D eigenvalue weighted by Gasteiger charge is 2.33. The second-order valence-electron chi connectivity index (χ2n) is 12.5. The Bertz CT molecular complexity index is 1260. The number of anilines is 2. The third-order valence-electron chi connectivity index (χ3n) is 9.51. The lowest BCUT2D eigenvalue weighted by Crippen LogP contribution is -2.42. The Labute approximate surface area is 249 Å². The molecule has 3 fully saturated rings. The van der Waals surface area contributed by atoms with E-state index in [1.54, 1.807) is 0 Å². The quantitative estimate of drug-likeness (QED) is 0.213. The van der Waals surface area contributed by atoms with E-state index >= 15 is 0 Å². The molecule has 2 heterocycles. The van der Waals surface area contributed by atoms with E-state index in [0.717, 1.165) is 37.5 Å². The van der Waals surface area contributed by atoms with Crippen molar-refractivity contribution in [2.45, 2.75) is 83.7 Å². The first-order chi connectivity index (χ1) is 20.3. The van der Waals surface area contributed by atoms with Gasteiger partial charge >= 0.3 is 6.09 Å². The largest absolute Gasteiger partial charge is 0.463 e. The molecule has 0 spiro atoms. The topological polar surface area (TPSA) is 132 Å². The normalized spacial score (nSPS) is 24.1. The van der Waals surface area contributed by atoms with Crippen molar-refractivity contribution < 1.29 is 9.90 Å². The first-order valence-electron chi connectivity index (χ1n) is 15.6. The average molecular weight is 575 g/mol. The van der Waals surface area contributed by atoms with E-state index in [-0.39, 0.29) is 17.7 Å². The molecule has 10 nitrogen and oxygen atoms in total. The summed E-state index contributed by atoms with van der Waals surface area (Å²) in [6, 6.07) is 11.3. The number of nitrogens with one attached hydrogen (secondary N) is 1. The van der Waals surface area contributed by atoms with Gasteiger partial charge in [0.25, 0.3) is 0 Å². The number of carbonyl (C=O) groups is 1. The Morgan fingerprint density at radius 2 is 1.88 bits per heavy atom. The number of hydrogen-bond donors (Lipinski definition) is 3. The molecular weight excluding hydrogens is 528 g/mol. The van der Waals surface area contributed by atoms with Gasteiger partial charge in [-0.25, -0.2) is 19.8 Å². The van der Waals surface area contributed by atoms with Gasteiger partial charge in [-0.1, -0.05) is 56.5 Å². The third kappa shape index (κ3) is 7.09. The van der Waals surface area contributed by atoms with Crippen LogP contribution in [0.15, 0.2) is 40.3 Å². The summed E-state index contributed by atoms with van der Waals surface area (Å²) >= 11 is 0. The molecule has 0 bridgehead atoms. The third-order valence-corrected chi connectivity index (χ3v) is 9.51. The summed E-state index contributed by atoms with van der Waals surface area (Å²) in [5.74, 6) is 2.66. The molecule has 1 unspecified atom stereocenters. The van der Waals surface area contributed by atoms with E-state index in [1.807, 2.05) is 0 Å². The molecule has 1 aromatic carbocycles. The Balaban J connectivity index is 1.55. The maximum absolute atomic E-state index is 11.3. The number of amides is 1. The summed E-state index contributed by atoms with van der Waals surface area (Å²) in [5.41, 5.74) is 8.20. The molecule has 3 aliphatic rings. The maximum atomic E-state index is 11.3. The number of hydrogen-bond acceptors (Lipinski definition) is 7. The summed E-state index contributed by atoms with van der Waals surface area (Å²) in [6.45, 7) is 11.0. The van der Waals surface area contributed by atoms with Crippen molar-refractivity contribution >= 4 is 36.0 Å². The minimum Gasteiger partial charge on any atom is -0.463 e. The van der Waals surface area contributed by atoms with Crippen molar-refractivity contribution in [1.29, 1.82) is 0 Å². The number of carboxylic acid groups (broad SMARTS) is 1.